The van der Waals surface area contributed by atoms with Crippen molar-refractivity contribution in [1.29, 1.82) is 0 Å². The molecule has 0 aliphatic carbocycles. The number of imide groups is 1. The molecule has 4 rings (SSSR count). The Labute approximate surface area is 515 Å². The Morgan fingerprint density at radius 2 is 1.22 bits per heavy atom. The van der Waals surface area contributed by atoms with Crippen molar-refractivity contribution in [3.8, 4) is 5.75 Å². The van der Waals surface area contributed by atoms with Gasteiger partial charge in [-0.15, -0.1) is 0 Å². The van der Waals surface area contributed by atoms with E-state index in [4.69, 9.17) is 16.2 Å². The third-order valence-corrected chi connectivity index (χ3v) is 13.7. The van der Waals surface area contributed by atoms with E-state index in [0.717, 1.165) is 0 Å². The predicted octanol–water partition coefficient (Wildman–Crippen LogP) is 1.42. The highest BCUT2D eigenvalue weighted by atomic mass is 32.3. The monoisotopic (exact) mass is 1260 g/mol. The molecule has 0 radical (unpaired) electrons. The summed E-state index contributed by atoms with van der Waals surface area (Å²) in [5.74, 6) is -10.5. The van der Waals surface area contributed by atoms with Gasteiger partial charge < -0.3 is 72.8 Å². The van der Waals surface area contributed by atoms with Crippen LogP contribution in [0.25, 0.3) is 10.9 Å². The molecule has 8 amide bonds. The standard InChI is InChI=1S/C60H81N11O17S/c1-6-8-19-39(65-52(76)42(62)29-37-24-26-40(72)27-25-37)35-64-44(23-15-16-28-61)53(77)68-47(31-38-34-63-43-22-14-13-20-41(38)43)55(79)66-45(21-9-7-2)54(78)69-49(33-51(75)88-89(84,85)86)56(80)67-46(30-36-17-11-10-12-18-36)57(81)71-58(82)48(32-50(73)74)70-59(83)87-60(3,4)5/h6,8,10-14,17-20,22,24-27,34,39,42,44-49,63-64,72H,1,7,9,15-16,21,23,28-33,35,61-62H2,2-5H3,(H,65,76)(H,66,79)(H,67,80)(H,68,77)(H,69,78)(H,70,83)(H,73,74)(H,71,81,82)(H,84,85,86)/t39-,42-,44+,45-,46-,47-,48+,49-/m0/s1. The van der Waals surface area contributed by atoms with Crippen LogP contribution in [-0.4, -0.2) is 155 Å². The van der Waals surface area contributed by atoms with Crippen LogP contribution in [0.2, 0.25) is 0 Å². The van der Waals surface area contributed by atoms with E-state index >= 15 is 0 Å². The van der Waals surface area contributed by atoms with Gasteiger partial charge in [-0.3, -0.25) is 53.0 Å². The third-order valence-electron chi connectivity index (χ3n) is 13.3. The number of hydrogen-bond acceptors (Lipinski definition) is 18. The van der Waals surface area contributed by atoms with Gasteiger partial charge in [0.2, 0.25) is 41.4 Å². The molecule has 28 nitrogen and oxygen atoms in total. The van der Waals surface area contributed by atoms with Crippen LogP contribution in [0.1, 0.15) is 95.8 Å². The van der Waals surface area contributed by atoms with Crippen LogP contribution in [-0.2, 0) is 81.7 Å². The number of phenolic OH excluding ortho intramolecular Hbond substituents is 1. The Kier molecular flexibility index (Phi) is 29.1. The van der Waals surface area contributed by atoms with E-state index in [1.807, 2.05) is 5.32 Å². The number of carbonyl (C=O) groups is 10. The summed E-state index contributed by atoms with van der Waals surface area (Å²) < 4.78 is 42.0. The first-order chi connectivity index (χ1) is 42.1. The number of aromatic hydroxyl groups is 1. The lowest BCUT2D eigenvalue weighted by Crippen LogP contribution is -2.60. The van der Waals surface area contributed by atoms with Crippen LogP contribution in [0, 0.1) is 0 Å². The van der Waals surface area contributed by atoms with Gasteiger partial charge >= 0.3 is 28.4 Å². The maximum Gasteiger partial charge on any atom is 0.448 e. The fraction of sp³-hybridized carbons (Fsp3) is 0.433. The van der Waals surface area contributed by atoms with Gasteiger partial charge in [0, 0.05) is 36.5 Å². The summed E-state index contributed by atoms with van der Waals surface area (Å²) in [7, 11) is -5.51. The van der Waals surface area contributed by atoms with E-state index in [2.05, 4.69) is 53.0 Å². The number of amides is 8. The topological polar surface area (TPSA) is 448 Å². The zero-order chi connectivity index (χ0) is 65.8. The molecule has 3 aromatic carbocycles. The van der Waals surface area contributed by atoms with Crippen LogP contribution in [0.3, 0.4) is 0 Å². The Morgan fingerprint density at radius 3 is 1.85 bits per heavy atom. The van der Waals surface area contributed by atoms with Gasteiger partial charge in [0.1, 0.15) is 41.6 Å². The van der Waals surface area contributed by atoms with E-state index in [1.165, 1.54) is 51.1 Å². The van der Waals surface area contributed by atoms with Crippen molar-refractivity contribution in [2.45, 2.75) is 152 Å². The largest absolute Gasteiger partial charge is 0.508 e. The number of phenols is 1. The number of H-pyrrole nitrogens is 1. The summed E-state index contributed by atoms with van der Waals surface area (Å²) >= 11 is 0. The molecule has 0 bridgehead atoms. The van der Waals surface area contributed by atoms with Crippen molar-refractivity contribution in [3.05, 3.63) is 127 Å². The molecule has 89 heavy (non-hydrogen) atoms. The number of alkyl carbamates (subject to hydrolysis) is 1. The summed E-state index contributed by atoms with van der Waals surface area (Å²) in [6, 6.07) is 9.56. The highest BCUT2D eigenvalue weighted by Gasteiger charge is 2.36. The first-order valence-corrected chi connectivity index (χ1v) is 30.1. The maximum absolute atomic E-state index is 14.9. The molecule has 0 aliphatic heterocycles. The second kappa shape index (κ2) is 35.7. The molecule has 1 aromatic heterocycles. The van der Waals surface area contributed by atoms with E-state index in [-0.39, 0.29) is 44.4 Å². The number of hydrogen-bond donors (Lipinski definition) is 14. The Balaban J connectivity index is 1.67. The van der Waals surface area contributed by atoms with E-state index in [0.29, 0.717) is 53.4 Å². The average Bonchev–Trinajstić information content (AvgIpc) is 2.11. The lowest BCUT2D eigenvalue weighted by Gasteiger charge is -2.28. The van der Waals surface area contributed by atoms with Crippen molar-refractivity contribution in [2.75, 3.05) is 13.1 Å². The zero-order valence-electron chi connectivity index (χ0n) is 50.0. The minimum atomic E-state index is -5.51. The molecule has 16 N–H and O–H groups in total. The lowest BCUT2D eigenvalue weighted by molar-refractivity contribution is -0.142. The van der Waals surface area contributed by atoms with Crippen molar-refractivity contribution in [3.63, 3.8) is 0 Å². The third kappa shape index (κ3) is 26.5. The maximum atomic E-state index is 14.9. The summed E-state index contributed by atoms with van der Waals surface area (Å²) in [6.07, 6.45) is 4.10. The van der Waals surface area contributed by atoms with Crippen LogP contribution in [0.5, 0.6) is 5.75 Å². The van der Waals surface area contributed by atoms with Gasteiger partial charge in [-0.25, -0.2) is 4.79 Å². The smallest absolute Gasteiger partial charge is 0.448 e. The number of carbonyl (C=O) groups excluding carboxylic acids is 9. The zero-order valence-corrected chi connectivity index (χ0v) is 50.8. The molecule has 4 aromatic rings. The van der Waals surface area contributed by atoms with E-state index in [1.54, 1.807) is 79.9 Å². The van der Waals surface area contributed by atoms with Crippen LogP contribution < -0.4 is 54.0 Å². The first kappa shape index (κ1) is 72.4. The van der Waals surface area contributed by atoms with Crippen molar-refractivity contribution >= 4 is 80.7 Å². The number of unbranched alkanes of at least 4 members (excludes halogenated alkanes) is 2. The Morgan fingerprint density at radius 1 is 0.663 bits per heavy atom. The number of aliphatic carboxylic acids is 1. The SMILES string of the molecule is C=CC=C[C@@H](CN[C@H](CCCCN)C(=O)N[C@@H](Cc1c[nH]c2ccccc12)C(=O)N[C@@H](CCCC)C(=O)N[C@@H](CC(=O)OS(=O)(=O)O)C(=O)N[C@@H](Cc1ccccc1)C(=O)NC(=O)[C@@H](CC(=O)O)NC(=O)OC(C)(C)C)NC(=O)[C@@H](N)Cc1ccc(O)cc1. The number of carboxylic acids is 1. The molecule has 0 fully saturated rings. The number of nitrogens with two attached hydrogens (primary N) is 2. The number of aromatic nitrogens is 1. The quantitative estimate of drug-likeness (QED) is 0.0174. The number of fused-ring (bicyclic) bond motifs is 1. The molecule has 0 unspecified atom stereocenters. The second-order valence-corrected chi connectivity index (χ2v) is 22.9. The van der Waals surface area contributed by atoms with Gasteiger partial charge in [0.05, 0.1) is 31.0 Å². The molecule has 0 saturated heterocycles. The number of nitrogens with one attached hydrogen (secondary N) is 9. The molecule has 0 saturated carbocycles. The number of carboxylic acid groups (broad SMARTS) is 1. The number of allylic oxidation sites excluding steroid dienone is 2. The van der Waals surface area contributed by atoms with E-state index < -0.39 is 143 Å². The van der Waals surface area contributed by atoms with Gasteiger partial charge in [0.25, 0.3) is 0 Å². The highest BCUT2D eigenvalue weighted by molar-refractivity contribution is 7.81. The highest BCUT2D eigenvalue weighted by Crippen LogP contribution is 2.20. The number of ether oxygens (including phenoxy) is 1. The molecule has 8 atom stereocenters. The van der Waals surface area contributed by atoms with Crippen molar-refractivity contribution in [1.82, 2.24) is 47.5 Å². The Bertz CT molecular complexity index is 3230. The summed E-state index contributed by atoms with van der Waals surface area (Å²) in [5, 5.41) is 40.2. The van der Waals surface area contributed by atoms with Gasteiger partial charge in [-0.2, -0.15) is 8.42 Å². The van der Waals surface area contributed by atoms with Gasteiger partial charge in [0.15, 0.2) is 0 Å². The normalized spacial score (nSPS) is 14.2. The summed E-state index contributed by atoms with van der Waals surface area (Å²) in [6.45, 7) is 10.3. The van der Waals surface area contributed by atoms with Gasteiger partial charge in [-0.1, -0.05) is 112 Å². The van der Waals surface area contributed by atoms with Crippen molar-refractivity contribution in [2.24, 2.45) is 11.5 Å². The van der Waals surface area contributed by atoms with Gasteiger partial charge in [-0.05, 0) is 87.9 Å². The molecule has 29 heteroatoms. The summed E-state index contributed by atoms with van der Waals surface area (Å²) in [4.78, 5) is 140. The molecule has 0 spiro atoms. The number of rotatable bonds is 36. The van der Waals surface area contributed by atoms with Crippen LogP contribution in [0.4, 0.5) is 4.79 Å². The molecular formula is C60H81N11O17S. The Hall–Kier alpha value is -9.03. The molecule has 1 heterocycles. The average molecular weight is 1260 g/mol. The van der Waals surface area contributed by atoms with Crippen molar-refractivity contribution < 1.29 is 80.0 Å². The molecule has 484 valence electrons. The fourth-order valence-electron chi connectivity index (χ4n) is 8.95. The van der Waals surface area contributed by atoms with Crippen LogP contribution in [0.15, 0.2) is 110 Å². The number of aromatic amines is 1. The van der Waals surface area contributed by atoms with E-state index in [9.17, 15) is 71.1 Å². The number of para-hydroxylation sites is 1. The molecular weight excluding hydrogens is 1180 g/mol. The minimum absolute atomic E-state index is 0.0236. The first-order valence-electron chi connectivity index (χ1n) is 28.7. The minimum Gasteiger partial charge on any atom is -0.508 e. The fourth-order valence-corrected chi connectivity index (χ4v) is 9.25. The predicted molar refractivity (Wildman–Crippen MR) is 326 cm³/mol. The molecule has 0 aliphatic rings. The summed E-state index contributed by atoms with van der Waals surface area (Å²) in [5.41, 5.74) is 13.4. The lowest BCUT2D eigenvalue weighted by atomic mass is 10.0. The second-order valence-electron chi connectivity index (χ2n) is 21.8. The number of benzene rings is 3. The van der Waals surface area contributed by atoms with Crippen LogP contribution >= 0.6 is 0 Å².